The fraction of sp³-hybridized carbons (Fsp3) is 0.200. The number of nitrogen functional groups attached to an aromatic ring is 1. The number of hydrogen-bond acceptors (Lipinski definition) is 4. The van der Waals surface area contributed by atoms with E-state index in [-0.39, 0.29) is 17.4 Å². The first kappa shape index (κ1) is 11.7. The smallest absolute Gasteiger partial charge is 0.146 e. The maximum atomic E-state index is 9.52. The monoisotopic (exact) mass is 257 g/mol. The maximum absolute atomic E-state index is 9.52. The number of rotatable bonds is 3. The van der Waals surface area contributed by atoms with Crippen molar-refractivity contribution in [2.24, 2.45) is 0 Å². The Kier molecular flexibility index (Phi) is 2.91. The highest BCUT2D eigenvalue weighted by molar-refractivity contribution is 5.61. The average molecular weight is 257 g/mol. The number of ether oxygens (including phenoxy) is 2. The van der Waals surface area contributed by atoms with Crippen LogP contribution < -0.4 is 15.2 Å². The molecule has 0 amide bonds. The van der Waals surface area contributed by atoms with Gasteiger partial charge in [-0.1, -0.05) is 24.3 Å². The molecule has 0 saturated carbocycles. The summed E-state index contributed by atoms with van der Waals surface area (Å²) in [5.74, 6) is 1.66. The van der Waals surface area contributed by atoms with Crippen LogP contribution >= 0.6 is 0 Å². The minimum atomic E-state index is 0.0422. The third-order valence-corrected chi connectivity index (χ3v) is 3.28. The van der Waals surface area contributed by atoms with Crippen molar-refractivity contribution in [3.8, 4) is 17.2 Å². The molecule has 2 aromatic carbocycles. The molecule has 3 N–H and O–H groups in total. The molecule has 1 atom stereocenters. The second-order valence-electron chi connectivity index (χ2n) is 4.55. The van der Waals surface area contributed by atoms with Gasteiger partial charge in [0.1, 0.15) is 22.9 Å². The second-order valence-corrected chi connectivity index (χ2v) is 4.55. The first-order valence-electron chi connectivity index (χ1n) is 6.17. The van der Waals surface area contributed by atoms with Gasteiger partial charge in [-0.25, -0.2) is 0 Å². The SMILES string of the molecule is Nc1c(O)cccc1OCC1COc2ccccc21. The molecule has 1 heterocycles. The third-order valence-electron chi connectivity index (χ3n) is 3.28. The van der Waals surface area contributed by atoms with Crippen LogP contribution in [0.2, 0.25) is 0 Å². The number of phenols is 1. The fourth-order valence-electron chi connectivity index (χ4n) is 2.22. The Morgan fingerprint density at radius 1 is 1.21 bits per heavy atom. The van der Waals surface area contributed by atoms with Gasteiger partial charge in [0.05, 0.1) is 19.1 Å². The molecule has 4 nitrogen and oxygen atoms in total. The van der Waals surface area contributed by atoms with Crippen molar-refractivity contribution < 1.29 is 14.6 Å². The van der Waals surface area contributed by atoms with Gasteiger partial charge in [-0.2, -0.15) is 0 Å². The van der Waals surface area contributed by atoms with E-state index in [1.165, 1.54) is 6.07 Å². The van der Waals surface area contributed by atoms with Crippen LogP contribution in [0.5, 0.6) is 17.2 Å². The third kappa shape index (κ3) is 2.17. The number of fused-ring (bicyclic) bond motifs is 1. The Morgan fingerprint density at radius 2 is 2.05 bits per heavy atom. The first-order valence-corrected chi connectivity index (χ1v) is 6.17. The Balaban J connectivity index is 1.73. The zero-order valence-corrected chi connectivity index (χ0v) is 10.4. The standard InChI is InChI=1S/C15H15NO3/c16-15-12(17)5-3-7-14(15)19-9-10-8-18-13-6-2-1-4-11(10)13/h1-7,10,17H,8-9,16H2. The summed E-state index contributed by atoms with van der Waals surface area (Å²) in [5, 5.41) is 9.52. The van der Waals surface area contributed by atoms with Crippen molar-refractivity contribution in [2.45, 2.75) is 5.92 Å². The van der Waals surface area contributed by atoms with Gasteiger partial charge in [0, 0.05) is 5.56 Å². The lowest BCUT2D eigenvalue weighted by molar-refractivity contribution is 0.249. The van der Waals surface area contributed by atoms with Crippen LogP contribution in [0.3, 0.4) is 0 Å². The molecule has 2 aromatic rings. The van der Waals surface area contributed by atoms with E-state index in [1.807, 2.05) is 24.3 Å². The van der Waals surface area contributed by atoms with E-state index in [0.717, 1.165) is 11.3 Å². The largest absolute Gasteiger partial charge is 0.506 e. The van der Waals surface area contributed by atoms with Gasteiger partial charge in [0.2, 0.25) is 0 Å². The van der Waals surface area contributed by atoms with Crippen LogP contribution in [0.1, 0.15) is 11.5 Å². The molecule has 0 radical (unpaired) electrons. The zero-order valence-electron chi connectivity index (χ0n) is 10.4. The van der Waals surface area contributed by atoms with Crippen molar-refractivity contribution in [1.29, 1.82) is 0 Å². The molecule has 98 valence electrons. The summed E-state index contributed by atoms with van der Waals surface area (Å²) in [4.78, 5) is 0. The summed E-state index contributed by atoms with van der Waals surface area (Å²) < 4.78 is 11.3. The highest BCUT2D eigenvalue weighted by Crippen LogP contribution is 2.35. The highest BCUT2D eigenvalue weighted by atomic mass is 16.5. The second kappa shape index (κ2) is 4.72. The number of para-hydroxylation sites is 2. The van der Waals surface area contributed by atoms with Crippen molar-refractivity contribution in [2.75, 3.05) is 18.9 Å². The molecule has 0 spiro atoms. The predicted molar refractivity (Wildman–Crippen MR) is 72.7 cm³/mol. The van der Waals surface area contributed by atoms with Crippen molar-refractivity contribution in [1.82, 2.24) is 0 Å². The Bertz CT molecular complexity index is 598. The molecule has 1 aliphatic heterocycles. The van der Waals surface area contributed by atoms with E-state index in [9.17, 15) is 5.11 Å². The van der Waals surface area contributed by atoms with Crippen LogP contribution in [0, 0.1) is 0 Å². The molecule has 1 unspecified atom stereocenters. The fourth-order valence-corrected chi connectivity index (χ4v) is 2.22. The summed E-state index contributed by atoms with van der Waals surface area (Å²) in [6.07, 6.45) is 0. The van der Waals surface area contributed by atoms with E-state index in [4.69, 9.17) is 15.2 Å². The highest BCUT2D eigenvalue weighted by Gasteiger charge is 2.24. The quantitative estimate of drug-likeness (QED) is 0.655. The van der Waals surface area contributed by atoms with Gasteiger partial charge in [-0.3, -0.25) is 0 Å². The van der Waals surface area contributed by atoms with E-state index in [0.29, 0.717) is 19.0 Å². The number of aromatic hydroxyl groups is 1. The predicted octanol–water partition coefficient (Wildman–Crippen LogP) is 2.53. The Hall–Kier alpha value is -2.36. The summed E-state index contributed by atoms with van der Waals surface area (Å²) in [6.45, 7) is 1.09. The molecular weight excluding hydrogens is 242 g/mol. The molecule has 0 aromatic heterocycles. The summed E-state index contributed by atoms with van der Waals surface area (Å²) >= 11 is 0. The van der Waals surface area contributed by atoms with Gasteiger partial charge in [-0.15, -0.1) is 0 Å². The molecule has 4 heteroatoms. The molecule has 0 aliphatic carbocycles. The molecule has 3 rings (SSSR count). The van der Waals surface area contributed by atoms with E-state index >= 15 is 0 Å². The Morgan fingerprint density at radius 3 is 2.95 bits per heavy atom. The first-order chi connectivity index (χ1) is 9.25. The molecule has 19 heavy (non-hydrogen) atoms. The number of phenolic OH excluding ortho intramolecular Hbond substituents is 1. The van der Waals surface area contributed by atoms with Gasteiger partial charge in [-0.05, 0) is 18.2 Å². The lowest BCUT2D eigenvalue weighted by atomic mass is 10.0. The molecular formula is C15H15NO3. The van der Waals surface area contributed by atoms with E-state index < -0.39 is 0 Å². The van der Waals surface area contributed by atoms with Crippen LogP contribution in [0.4, 0.5) is 5.69 Å². The minimum Gasteiger partial charge on any atom is -0.506 e. The van der Waals surface area contributed by atoms with Gasteiger partial charge in [0.25, 0.3) is 0 Å². The lowest BCUT2D eigenvalue weighted by Gasteiger charge is -2.13. The maximum Gasteiger partial charge on any atom is 0.146 e. The normalized spacial score (nSPS) is 16.7. The van der Waals surface area contributed by atoms with Crippen molar-refractivity contribution in [3.05, 3.63) is 48.0 Å². The van der Waals surface area contributed by atoms with E-state index in [1.54, 1.807) is 12.1 Å². The summed E-state index contributed by atoms with van der Waals surface area (Å²) in [6, 6.07) is 12.9. The van der Waals surface area contributed by atoms with Gasteiger partial charge < -0.3 is 20.3 Å². The van der Waals surface area contributed by atoms with Crippen LogP contribution in [-0.4, -0.2) is 18.3 Å². The number of benzene rings is 2. The minimum absolute atomic E-state index is 0.0422. The number of nitrogens with two attached hydrogens (primary N) is 1. The van der Waals surface area contributed by atoms with E-state index in [2.05, 4.69) is 0 Å². The number of hydrogen-bond donors (Lipinski definition) is 2. The topological polar surface area (TPSA) is 64.7 Å². The lowest BCUT2D eigenvalue weighted by Crippen LogP contribution is -2.12. The van der Waals surface area contributed by atoms with Crippen LogP contribution in [0.25, 0.3) is 0 Å². The van der Waals surface area contributed by atoms with Crippen molar-refractivity contribution >= 4 is 5.69 Å². The molecule has 0 bridgehead atoms. The summed E-state index contributed by atoms with van der Waals surface area (Å²) in [5.41, 5.74) is 7.18. The van der Waals surface area contributed by atoms with Crippen molar-refractivity contribution in [3.63, 3.8) is 0 Å². The van der Waals surface area contributed by atoms with Crippen LogP contribution in [-0.2, 0) is 0 Å². The van der Waals surface area contributed by atoms with Gasteiger partial charge in [0.15, 0.2) is 0 Å². The molecule has 0 fully saturated rings. The molecule has 1 aliphatic rings. The average Bonchev–Trinajstić information content (AvgIpc) is 2.84. The number of anilines is 1. The van der Waals surface area contributed by atoms with Gasteiger partial charge >= 0.3 is 0 Å². The zero-order chi connectivity index (χ0) is 13.2. The summed E-state index contributed by atoms with van der Waals surface area (Å²) in [7, 11) is 0. The Labute approximate surface area is 111 Å². The molecule has 0 saturated heterocycles. The van der Waals surface area contributed by atoms with Crippen LogP contribution in [0.15, 0.2) is 42.5 Å².